The number of amidine groups is 1. The van der Waals surface area contributed by atoms with Crippen LogP contribution in [0, 0.1) is 10.1 Å². The summed E-state index contributed by atoms with van der Waals surface area (Å²) < 4.78 is 5.09. The summed E-state index contributed by atoms with van der Waals surface area (Å²) in [5.41, 5.74) is 10.6. The van der Waals surface area contributed by atoms with Crippen LogP contribution in [-0.4, -0.2) is 29.2 Å². The quantitative estimate of drug-likeness (QED) is 0.238. The summed E-state index contributed by atoms with van der Waals surface area (Å²) in [5, 5.41) is 14.2. The van der Waals surface area contributed by atoms with Crippen LogP contribution < -0.4 is 16.2 Å². The molecule has 2 rings (SSSR count). The molecule has 2 aromatic carbocycles. The number of nitro benzene ring substituents is 1. The highest BCUT2D eigenvalue weighted by Gasteiger charge is 2.17. The van der Waals surface area contributed by atoms with E-state index < -0.39 is 22.5 Å². The summed E-state index contributed by atoms with van der Waals surface area (Å²) in [4.78, 5) is 37.4. The molecule has 0 spiro atoms. The number of benzene rings is 2. The number of hydrogen-bond acceptors (Lipinski definition) is 7. The van der Waals surface area contributed by atoms with E-state index in [-0.39, 0.29) is 23.0 Å². The van der Waals surface area contributed by atoms with E-state index in [0.717, 1.165) is 6.07 Å². The van der Waals surface area contributed by atoms with Crippen LogP contribution in [0.5, 0.6) is 5.75 Å². The lowest BCUT2D eigenvalue weighted by Crippen LogP contribution is -2.20. The number of primary amides is 1. The zero-order chi connectivity index (χ0) is 20.0. The molecule has 10 nitrogen and oxygen atoms in total. The highest BCUT2D eigenvalue weighted by Crippen LogP contribution is 2.25. The van der Waals surface area contributed by atoms with Gasteiger partial charge >= 0.3 is 5.97 Å². The lowest BCUT2D eigenvalue weighted by Gasteiger charge is -2.05. The number of halogens is 1. The third kappa shape index (κ3) is 5.41. The third-order valence-electron chi connectivity index (χ3n) is 3.14. The molecule has 0 fully saturated rings. The van der Waals surface area contributed by atoms with Crippen LogP contribution >= 0.6 is 11.6 Å². The molecule has 0 aliphatic carbocycles. The molecule has 0 bridgehead atoms. The van der Waals surface area contributed by atoms with Crippen molar-refractivity contribution in [1.29, 1.82) is 0 Å². The second-order valence-electron chi connectivity index (χ2n) is 5.06. The van der Waals surface area contributed by atoms with Crippen molar-refractivity contribution in [2.24, 2.45) is 16.6 Å². The molecule has 4 N–H and O–H groups in total. The van der Waals surface area contributed by atoms with Gasteiger partial charge in [0.1, 0.15) is 10.8 Å². The van der Waals surface area contributed by atoms with Crippen molar-refractivity contribution in [1.82, 2.24) is 0 Å². The van der Waals surface area contributed by atoms with E-state index in [1.54, 1.807) is 0 Å². The van der Waals surface area contributed by atoms with Gasteiger partial charge in [-0.2, -0.15) is 0 Å². The Morgan fingerprint density at radius 1 is 1.11 bits per heavy atom. The summed E-state index contributed by atoms with van der Waals surface area (Å²) in [6.07, 6.45) is 0. The summed E-state index contributed by atoms with van der Waals surface area (Å²) in [5.74, 6) is -1.29. The molecule has 0 saturated carbocycles. The Morgan fingerprint density at radius 3 is 2.33 bits per heavy atom. The third-order valence-corrected chi connectivity index (χ3v) is 3.46. The maximum Gasteiger partial charge on any atom is 0.366 e. The zero-order valence-electron chi connectivity index (χ0n) is 13.6. The molecule has 140 valence electrons. The van der Waals surface area contributed by atoms with Gasteiger partial charge in [-0.05, 0) is 36.4 Å². The Labute approximate surface area is 157 Å². The topological polar surface area (TPSA) is 160 Å². The van der Waals surface area contributed by atoms with E-state index in [0.29, 0.717) is 11.3 Å². The maximum absolute atomic E-state index is 12.0. The molecule has 0 radical (unpaired) electrons. The molecular formula is C16H13ClN4O6. The Balaban J connectivity index is 2.06. The van der Waals surface area contributed by atoms with E-state index in [1.165, 1.54) is 36.4 Å². The Kier molecular flexibility index (Phi) is 6.28. The molecule has 0 atom stereocenters. The normalized spacial score (nSPS) is 10.9. The molecule has 0 aromatic heterocycles. The molecule has 27 heavy (non-hydrogen) atoms. The number of ether oxygens (including phenoxy) is 1. The predicted octanol–water partition coefficient (Wildman–Crippen LogP) is 1.59. The first-order valence-electron chi connectivity index (χ1n) is 7.28. The van der Waals surface area contributed by atoms with Gasteiger partial charge in [-0.3, -0.25) is 14.9 Å². The van der Waals surface area contributed by atoms with Crippen molar-refractivity contribution in [3.05, 3.63) is 68.7 Å². The van der Waals surface area contributed by atoms with Crippen LogP contribution in [0.4, 0.5) is 5.69 Å². The highest BCUT2D eigenvalue weighted by atomic mass is 35.5. The fourth-order valence-electron chi connectivity index (χ4n) is 1.85. The second kappa shape index (κ2) is 8.63. The van der Waals surface area contributed by atoms with Gasteiger partial charge < -0.3 is 21.0 Å². The van der Waals surface area contributed by atoms with Crippen LogP contribution in [-0.2, 0) is 9.63 Å². The van der Waals surface area contributed by atoms with Crippen LogP contribution in [0.2, 0.25) is 5.02 Å². The fraction of sp³-hybridized carbons (Fsp3) is 0.0625. The average Bonchev–Trinajstić information content (AvgIpc) is 2.64. The first kappa shape index (κ1) is 19.7. The van der Waals surface area contributed by atoms with E-state index in [1.807, 2.05) is 0 Å². The summed E-state index contributed by atoms with van der Waals surface area (Å²) in [6.45, 7) is -0.270. The van der Waals surface area contributed by atoms with Crippen LogP contribution in [0.3, 0.4) is 0 Å². The summed E-state index contributed by atoms with van der Waals surface area (Å²) in [6, 6.07) is 9.52. The average molecular weight is 393 g/mol. The number of oxime groups is 1. The minimum absolute atomic E-state index is 0.113. The van der Waals surface area contributed by atoms with Gasteiger partial charge in [0.15, 0.2) is 12.4 Å². The van der Waals surface area contributed by atoms with Gasteiger partial charge in [-0.15, -0.1) is 0 Å². The first-order chi connectivity index (χ1) is 12.8. The van der Waals surface area contributed by atoms with Crippen molar-refractivity contribution in [2.75, 3.05) is 6.61 Å². The van der Waals surface area contributed by atoms with Gasteiger partial charge in [-0.1, -0.05) is 16.8 Å². The predicted molar refractivity (Wildman–Crippen MR) is 95.4 cm³/mol. The number of carbonyl (C=O) groups is 2. The standard InChI is InChI=1S/C16H13ClN4O6/c17-12-6-3-10(7-13(12)21(24)25)16(23)27-20-15(19)9-1-4-11(5-2-9)26-8-14(18)22/h1-7H,8H2,(H2,18,22)(H2,19,20). The Bertz CT molecular complexity index is 914. The number of hydrogen-bond donors (Lipinski definition) is 2. The lowest BCUT2D eigenvalue weighted by atomic mass is 10.2. The number of rotatable bonds is 7. The van der Waals surface area contributed by atoms with Crippen molar-refractivity contribution in [2.45, 2.75) is 0 Å². The van der Waals surface area contributed by atoms with Crippen molar-refractivity contribution >= 4 is 35.0 Å². The van der Waals surface area contributed by atoms with Gasteiger partial charge in [0.2, 0.25) is 0 Å². The summed E-state index contributed by atoms with van der Waals surface area (Å²) in [7, 11) is 0. The number of nitrogens with two attached hydrogens (primary N) is 2. The van der Waals surface area contributed by atoms with E-state index in [4.69, 9.17) is 32.6 Å². The zero-order valence-corrected chi connectivity index (χ0v) is 14.4. The number of carbonyl (C=O) groups excluding carboxylic acids is 2. The van der Waals surface area contributed by atoms with Crippen molar-refractivity contribution in [3.63, 3.8) is 0 Å². The van der Waals surface area contributed by atoms with E-state index in [2.05, 4.69) is 5.16 Å². The molecular weight excluding hydrogens is 380 g/mol. The molecule has 0 saturated heterocycles. The van der Waals surface area contributed by atoms with Gasteiger partial charge in [0.25, 0.3) is 11.6 Å². The van der Waals surface area contributed by atoms with E-state index >= 15 is 0 Å². The van der Waals surface area contributed by atoms with Gasteiger partial charge in [-0.25, -0.2) is 4.79 Å². The lowest BCUT2D eigenvalue weighted by molar-refractivity contribution is -0.384. The summed E-state index contributed by atoms with van der Waals surface area (Å²) >= 11 is 5.68. The maximum atomic E-state index is 12.0. The molecule has 0 heterocycles. The highest BCUT2D eigenvalue weighted by molar-refractivity contribution is 6.32. The molecule has 11 heteroatoms. The molecule has 2 aromatic rings. The first-order valence-corrected chi connectivity index (χ1v) is 7.66. The van der Waals surface area contributed by atoms with Crippen molar-refractivity contribution < 1.29 is 24.1 Å². The molecule has 0 aliphatic heterocycles. The van der Waals surface area contributed by atoms with Crippen LogP contribution in [0.25, 0.3) is 0 Å². The van der Waals surface area contributed by atoms with Crippen LogP contribution in [0.15, 0.2) is 47.6 Å². The smallest absolute Gasteiger partial charge is 0.366 e. The van der Waals surface area contributed by atoms with Crippen molar-refractivity contribution in [3.8, 4) is 5.75 Å². The Morgan fingerprint density at radius 2 is 1.74 bits per heavy atom. The molecule has 0 unspecified atom stereocenters. The minimum Gasteiger partial charge on any atom is -0.484 e. The number of nitrogens with zero attached hydrogens (tertiary/aromatic N) is 2. The fourth-order valence-corrected chi connectivity index (χ4v) is 2.04. The van der Waals surface area contributed by atoms with E-state index in [9.17, 15) is 19.7 Å². The molecule has 0 aliphatic rings. The Hall–Kier alpha value is -3.66. The van der Waals surface area contributed by atoms with Gasteiger partial charge in [0.05, 0.1) is 10.5 Å². The number of amides is 1. The van der Waals surface area contributed by atoms with Gasteiger partial charge in [0, 0.05) is 11.6 Å². The number of nitro groups is 1. The monoisotopic (exact) mass is 392 g/mol. The largest absolute Gasteiger partial charge is 0.484 e. The van der Waals surface area contributed by atoms with Crippen LogP contribution in [0.1, 0.15) is 15.9 Å². The minimum atomic E-state index is -0.945. The second-order valence-corrected chi connectivity index (χ2v) is 5.47. The molecule has 1 amide bonds. The SMILES string of the molecule is NC(=O)COc1ccc(/C(N)=N/OC(=O)c2ccc(Cl)c([N+](=O)[O-])c2)cc1.